The van der Waals surface area contributed by atoms with Crippen LogP contribution in [0.15, 0.2) is 29.4 Å². The Hall–Kier alpha value is -2.24. The van der Waals surface area contributed by atoms with Crippen molar-refractivity contribution in [2.75, 3.05) is 19.7 Å². The van der Waals surface area contributed by atoms with Gasteiger partial charge in [-0.15, -0.1) is 0 Å². The molecule has 0 spiro atoms. The van der Waals surface area contributed by atoms with Crippen LogP contribution in [0.3, 0.4) is 0 Å². The molecule has 1 atom stereocenters. The first-order valence-corrected chi connectivity index (χ1v) is 6.95. The highest BCUT2D eigenvalue weighted by Crippen LogP contribution is 2.18. The monoisotopic (exact) mass is 291 g/mol. The van der Waals surface area contributed by atoms with Gasteiger partial charge in [0, 0.05) is 11.5 Å². The molecule has 1 unspecified atom stereocenters. The average molecular weight is 291 g/mol. The van der Waals surface area contributed by atoms with E-state index in [9.17, 15) is 4.79 Å². The molecule has 0 fully saturated rings. The van der Waals surface area contributed by atoms with Crippen LogP contribution >= 0.6 is 0 Å². The Morgan fingerprint density at radius 2 is 2.19 bits per heavy atom. The number of nitrogens with one attached hydrogen (secondary N) is 1. The fourth-order valence-corrected chi connectivity index (χ4v) is 1.80. The summed E-state index contributed by atoms with van der Waals surface area (Å²) in [7, 11) is 0. The predicted molar refractivity (Wildman–Crippen MR) is 80.8 cm³/mol. The van der Waals surface area contributed by atoms with Crippen LogP contribution in [-0.4, -0.2) is 25.6 Å². The summed E-state index contributed by atoms with van der Waals surface area (Å²) in [6, 6.07) is 6.73. The second-order valence-electron chi connectivity index (χ2n) is 4.52. The van der Waals surface area contributed by atoms with E-state index in [1.165, 1.54) is 0 Å². The van der Waals surface area contributed by atoms with Gasteiger partial charge in [0.1, 0.15) is 11.8 Å². The maximum Gasteiger partial charge on any atom is 0.239 e. The number of rotatable bonds is 10. The fraction of sp³-hybridized carbons (Fsp3) is 0.500. The van der Waals surface area contributed by atoms with Crippen LogP contribution in [0.2, 0.25) is 0 Å². The predicted octanol–water partition coefficient (Wildman–Crippen LogP) is 2.29. The van der Waals surface area contributed by atoms with Crippen molar-refractivity contribution in [3.63, 3.8) is 0 Å². The molecule has 0 aromatic heterocycles. The van der Waals surface area contributed by atoms with Crippen molar-refractivity contribution in [2.45, 2.75) is 25.8 Å². The largest absolute Gasteiger partial charge is 0.494 e. The van der Waals surface area contributed by atoms with E-state index in [2.05, 4.69) is 15.3 Å². The Morgan fingerprint density at radius 3 is 2.76 bits per heavy atom. The van der Waals surface area contributed by atoms with Gasteiger partial charge in [-0.05, 0) is 42.6 Å². The number of nitrogens with two attached hydrogens (primary N) is 1. The molecule has 3 N–H and O–H groups in total. The third kappa shape index (κ3) is 6.16. The van der Waals surface area contributed by atoms with Crippen LogP contribution in [0.5, 0.6) is 5.75 Å². The zero-order valence-electron chi connectivity index (χ0n) is 12.2. The van der Waals surface area contributed by atoms with Gasteiger partial charge in [0.2, 0.25) is 5.91 Å². The lowest BCUT2D eigenvalue weighted by atomic mass is 10.1. The number of ether oxygens (including phenoxy) is 1. The lowest BCUT2D eigenvalue weighted by Crippen LogP contribution is -2.34. The van der Waals surface area contributed by atoms with Crippen LogP contribution in [0.25, 0.3) is 10.4 Å². The number of primary amides is 1. The molecule has 1 amide bonds. The summed E-state index contributed by atoms with van der Waals surface area (Å²) in [5.41, 5.74) is 14.4. The minimum atomic E-state index is -0.559. The second-order valence-corrected chi connectivity index (χ2v) is 4.52. The summed E-state index contributed by atoms with van der Waals surface area (Å²) >= 11 is 0. The summed E-state index contributed by atoms with van der Waals surface area (Å²) in [5, 5.41) is 6.49. The Labute approximate surface area is 124 Å². The minimum Gasteiger partial charge on any atom is -0.494 e. The molecule has 1 aromatic rings. The summed E-state index contributed by atoms with van der Waals surface area (Å²) in [4.78, 5) is 14.2. The Bertz CT molecular complexity index is 483. The van der Waals surface area contributed by atoms with Crippen LogP contribution in [0, 0.1) is 0 Å². The van der Waals surface area contributed by atoms with Crippen LogP contribution in [-0.2, 0) is 4.79 Å². The van der Waals surface area contributed by atoms with Gasteiger partial charge in [-0.25, -0.2) is 0 Å². The van der Waals surface area contributed by atoms with E-state index in [4.69, 9.17) is 16.0 Å². The Kier molecular flexibility index (Phi) is 7.71. The van der Waals surface area contributed by atoms with Gasteiger partial charge < -0.3 is 15.8 Å². The zero-order valence-corrected chi connectivity index (χ0v) is 12.2. The number of carbonyl (C=O) groups excluding carboxylic acids is 1. The highest BCUT2D eigenvalue weighted by atomic mass is 16.5. The highest BCUT2D eigenvalue weighted by molar-refractivity contribution is 5.81. The molecule has 114 valence electrons. The minimum absolute atomic E-state index is 0.388. The first-order chi connectivity index (χ1) is 10.2. The number of nitrogens with zero attached hydrogens (tertiary/aromatic N) is 3. The van der Waals surface area contributed by atoms with Gasteiger partial charge in [-0.2, -0.15) is 0 Å². The molecule has 0 aliphatic carbocycles. The molecule has 1 rings (SSSR count). The third-order valence-electron chi connectivity index (χ3n) is 2.82. The maximum absolute atomic E-state index is 11.5. The normalized spacial score (nSPS) is 11.5. The summed E-state index contributed by atoms with van der Waals surface area (Å²) < 4.78 is 5.49. The maximum atomic E-state index is 11.5. The van der Waals surface area contributed by atoms with Gasteiger partial charge in [-0.3, -0.25) is 4.79 Å². The van der Waals surface area contributed by atoms with E-state index < -0.39 is 11.9 Å². The smallest absolute Gasteiger partial charge is 0.239 e. The van der Waals surface area contributed by atoms with E-state index in [0.717, 1.165) is 17.7 Å². The van der Waals surface area contributed by atoms with Crippen molar-refractivity contribution >= 4 is 5.91 Å². The standard InChI is InChI=1S/C14H21N5O2/c1-2-10-21-12-6-4-11(5-7-12)13(14(15)20)17-8-3-9-18-19-16/h4-7,13,17H,2-3,8-10H2,1H3,(H2,15,20). The highest BCUT2D eigenvalue weighted by Gasteiger charge is 2.16. The Balaban J connectivity index is 2.59. The molecule has 0 saturated carbocycles. The summed E-state index contributed by atoms with van der Waals surface area (Å²) in [5.74, 6) is 0.327. The van der Waals surface area contributed by atoms with Crippen molar-refractivity contribution < 1.29 is 9.53 Å². The van der Waals surface area contributed by atoms with E-state index in [1.54, 1.807) is 0 Å². The van der Waals surface area contributed by atoms with Crippen molar-refractivity contribution in [3.8, 4) is 5.75 Å². The molecule has 0 heterocycles. The zero-order chi connectivity index (χ0) is 15.5. The molecular weight excluding hydrogens is 270 g/mol. The van der Waals surface area contributed by atoms with E-state index >= 15 is 0 Å². The Morgan fingerprint density at radius 1 is 1.48 bits per heavy atom. The van der Waals surface area contributed by atoms with Crippen molar-refractivity contribution in [1.29, 1.82) is 0 Å². The molecular formula is C14H21N5O2. The quantitative estimate of drug-likeness (QED) is 0.298. The van der Waals surface area contributed by atoms with Gasteiger partial charge in [0.25, 0.3) is 0 Å². The number of hydrogen-bond acceptors (Lipinski definition) is 4. The van der Waals surface area contributed by atoms with Gasteiger partial charge in [-0.1, -0.05) is 24.2 Å². The van der Waals surface area contributed by atoms with E-state index in [-0.39, 0.29) is 0 Å². The number of benzene rings is 1. The molecule has 0 aliphatic rings. The summed E-state index contributed by atoms with van der Waals surface area (Å²) in [6.45, 7) is 3.63. The summed E-state index contributed by atoms with van der Waals surface area (Å²) in [6.07, 6.45) is 1.59. The van der Waals surface area contributed by atoms with Crippen LogP contribution in [0.1, 0.15) is 31.4 Å². The first-order valence-electron chi connectivity index (χ1n) is 6.95. The fourth-order valence-electron chi connectivity index (χ4n) is 1.80. The molecule has 21 heavy (non-hydrogen) atoms. The molecule has 0 bridgehead atoms. The molecule has 1 aromatic carbocycles. The van der Waals surface area contributed by atoms with Crippen molar-refractivity contribution in [1.82, 2.24) is 5.32 Å². The van der Waals surface area contributed by atoms with Crippen LogP contribution < -0.4 is 15.8 Å². The van der Waals surface area contributed by atoms with E-state index in [0.29, 0.717) is 26.1 Å². The van der Waals surface area contributed by atoms with Crippen molar-refractivity contribution in [3.05, 3.63) is 40.3 Å². The van der Waals surface area contributed by atoms with E-state index in [1.807, 2.05) is 31.2 Å². The molecule has 7 heteroatoms. The van der Waals surface area contributed by atoms with Crippen molar-refractivity contribution in [2.24, 2.45) is 10.8 Å². The first kappa shape index (κ1) is 16.8. The van der Waals surface area contributed by atoms with Gasteiger partial charge in [0.15, 0.2) is 0 Å². The lowest BCUT2D eigenvalue weighted by Gasteiger charge is -2.16. The van der Waals surface area contributed by atoms with Crippen LogP contribution in [0.4, 0.5) is 0 Å². The molecule has 0 radical (unpaired) electrons. The second kappa shape index (κ2) is 9.63. The number of azide groups is 1. The average Bonchev–Trinajstić information content (AvgIpc) is 2.49. The number of amides is 1. The number of hydrogen-bond donors (Lipinski definition) is 2. The topological polar surface area (TPSA) is 113 Å². The molecule has 0 aliphatic heterocycles. The molecule has 7 nitrogen and oxygen atoms in total. The number of carbonyl (C=O) groups is 1. The lowest BCUT2D eigenvalue weighted by molar-refractivity contribution is -0.120. The molecule has 0 saturated heterocycles. The SMILES string of the molecule is CCCOc1ccc(C(NCCCN=[N+]=[N-])C(N)=O)cc1. The third-order valence-corrected chi connectivity index (χ3v) is 2.82. The van der Waals surface area contributed by atoms with Gasteiger partial charge in [0.05, 0.1) is 6.61 Å². The van der Waals surface area contributed by atoms with Gasteiger partial charge >= 0.3 is 0 Å².